The van der Waals surface area contributed by atoms with Crippen molar-refractivity contribution < 1.29 is 14.5 Å². The number of carbonyl (C=O) groups excluding carboxylic acids is 1. The number of nitro groups is 1. The van der Waals surface area contributed by atoms with Crippen LogP contribution in [-0.2, 0) is 4.79 Å². The van der Waals surface area contributed by atoms with Gasteiger partial charge in [-0.15, -0.1) is 0 Å². The minimum absolute atomic E-state index is 0.141. The fraction of sp³-hybridized carbons (Fsp3) is 0.231. The summed E-state index contributed by atoms with van der Waals surface area (Å²) in [4.78, 5) is 24.5. The van der Waals surface area contributed by atoms with E-state index in [-0.39, 0.29) is 17.3 Å². The van der Waals surface area contributed by atoms with Crippen molar-refractivity contribution in [1.29, 1.82) is 0 Å². The van der Waals surface area contributed by atoms with Crippen LogP contribution >= 0.6 is 24.0 Å². The lowest BCUT2D eigenvalue weighted by molar-refractivity contribution is -0.385. The van der Waals surface area contributed by atoms with Crippen LogP contribution in [0, 0.1) is 10.1 Å². The van der Waals surface area contributed by atoms with Gasteiger partial charge in [0.25, 0.3) is 5.91 Å². The van der Waals surface area contributed by atoms with Crippen molar-refractivity contribution in [2.45, 2.75) is 6.92 Å². The third kappa shape index (κ3) is 3.06. The third-order valence-electron chi connectivity index (χ3n) is 2.89. The van der Waals surface area contributed by atoms with Gasteiger partial charge >= 0.3 is 5.69 Å². The van der Waals surface area contributed by atoms with E-state index in [1.54, 1.807) is 12.1 Å². The second kappa shape index (κ2) is 6.23. The fourth-order valence-corrected chi connectivity index (χ4v) is 3.25. The molecule has 8 heteroatoms. The van der Waals surface area contributed by atoms with E-state index in [0.29, 0.717) is 21.3 Å². The van der Waals surface area contributed by atoms with Crippen LogP contribution in [0.2, 0.25) is 0 Å². The molecule has 0 aromatic heterocycles. The maximum absolute atomic E-state index is 12.1. The maximum Gasteiger partial charge on any atom is 0.311 e. The van der Waals surface area contributed by atoms with Crippen molar-refractivity contribution >= 4 is 46.0 Å². The Morgan fingerprint density at radius 1 is 1.52 bits per heavy atom. The predicted octanol–water partition coefficient (Wildman–Crippen LogP) is 2.82. The number of thiocarbonyl (C=S) groups is 1. The second-order valence-electron chi connectivity index (χ2n) is 4.11. The number of nitrogens with zero attached hydrogens (tertiary/aromatic N) is 2. The molecule has 0 saturated carbocycles. The summed E-state index contributed by atoms with van der Waals surface area (Å²) in [6, 6.07) is 4.53. The smallest absolute Gasteiger partial charge is 0.311 e. The molecule has 1 aromatic carbocycles. The zero-order valence-electron chi connectivity index (χ0n) is 11.4. The molecule has 0 N–H and O–H groups in total. The molecule has 0 spiro atoms. The normalized spacial score (nSPS) is 16.7. The molecular formula is C13H12N2O4S2. The summed E-state index contributed by atoms with van der Waals surface area (Å²) in [5.74, 6) is 0.00392. The number of amides is 1. The summed E-state index contributed by atoms with van der Waals surface area (Å²) in [7, 11) is 1.37. The van der Waals surface area contributed by atoms with Gasteiger partial charge in [0.1, 0.15) is 4.32 Å². The molecular weight excluding hydrogens is 312 g/mol. The second-order valence-corrected chi connectivity index (χ2v) is 5.79. The number of benzene rings is 1. The first-order valence-electron chi connectivity index (χ1n) is 6.05. The summed E-state index contributed by atoms with van der Waals surface area (Å²) < 4.78 is 5.44. The van der Waals surface area contributed by atoms with Gasteiger partial charge in [-0.3, -0.25) is 19.8 Å². The molecule has 0 unspecified atom stereocenters. The molecule has 21 heavy (non-hydrogen) atoms. The number of carbonyl (C=O) groups is 1. The van der Waals surface area contributed by atoms with Gasteiger partial charge in [0.05, 0.1) is 16.9 Å². The standard InChI is InChI=1S/C13H12N2O4S2/c1-3-14-12(16)11(21-13(14)20)7-8-4-5-10(19-2)9(6-8)15(17)18/h4-7H,3H2,1-2H3. The van der Waals surface area contributed by atoms with Crippen LogP contribution in [0.15, 0.2) is 23.1 Å². The van der Waals surface area contributed by atoms with Crippen molar-refractivity contribution in [3.63, 3.8) is 0 Å². The molecule has 110 valence electrons. The minimum atomic E-state index is -0.520. The van der Waals surface area contributed by atoms with E-state index in [1.165, 1.54) is 35.9 Å². The lowest BCUT2D eigenvalue weighted by Crippen LogP contribution is -2.27. The van der Waals surface area contributed by atoms with Crippen LogP contribution in [0.1, 0.15) is 12.5 Å². The molecule has 0 aliphatic carbocycles. The van der Waals surface area contributed by atoms with Gasteiger partial charge < -0.3 is 4.74 Å². The predicted molar refractivity (Wildman–Crippen MR) is 85.2 cm³/mol. The van der Waals surface area contributed by atoms with E-state index in [0.717, 1.165) is 0 Å². The van der Waals surface area contributed by atoms with Crippen LogP contribution < -0.4 is 4.74 Å². The van der Waals surface area contributed by atoms with Gasteiger partial charge in [0, 0.05) is 12.6 Å². The molecule has 1 heterocycles. The quantitative estimate of drug-likeness (QED) is 0.367. The zero-order chi connectivity index (χ0) is 15.6. The van der Waals surface area contributed by atoms with Gasteiger partial charge in [0.15, 0.2) is 5.75 Å². The topological polar surface area (TPSA) is 72.7 Å². The molecule has 1 aliphatic heterocycles. The van der Waals surface area contributed by atoms with Crippen LogP contribution in [-0.4, -0.2) is 33.7 Å². The highest BCUT2D eigenvalue weighted by atomic mass is 32.2. The molecule has 1 fully saturated rings. The van der Waals surface area contributed by atoms with Gasteiger partial charge in [0.2, 0.25) is 0 Å². The van der Waals surface area contributed by atoms with Crippen molar-refractivity contribution in [1.82, 2.24) is 4.90 Å². The first-order valence-corrected chi connectivity index (χ1v) is 7.28. The zero-order valence-corrected chi connectivity index (χ0v) is 13.0. The average molecular weight is 324 g/mol. The Labute approximate surface area is 130 Å². The van der Waals surface area contributed by atoms with Crippen LogP contribution in [0.4, 0.5) is 5.69 Å². The molecule has 1 amide bonds. The van der Waals surface area contributed by atoms with E-state index < -0.39 is 4.92 Å². The van der Waals surface area contributed by atoms with Crippen molar-refractivity contribution in [2.24, 2.45) is 0 Å². The van der Waals surface area contributed by atoms with Gasteiger partial charge in [-0.05, 0) is 24.6 Å². The Morgan fingerprint density at radius 3 is 2.76 bits per heavy atom. The summed E-state index contributed by atoms with van der Waals surface area (Å²) in [6.07, 6.45) is 1.60. The van der Waals surface area contributed by atoms with Crippen LogP contribution in [0.5, 0.6) is 5.75 Å². The number of hydrogen-bond acceptors (Lipinski definition) is 6. The SMILES string of the molecule is CCN1C(=O)C(=Cc2ccc(OC)c([N+](=O)[O-])c2)SC1=S. The molecule has 2 rings (SSSR count). The molecule has 0 atom stereocenters. The highest BCUT2D eigenvalue weighted by molar-refractivity contribution is 8.26. The van der Waals surface area contributed by atoms with Crippen LogP contribution in [0.25, 0.3) is 6.08 Å². The first kappa shape index (κ1) is 15.5. The molecule has 1 aliphatic rings. The monoisotopic (exact) mass is 324 g/mol. The number of ether oxygens (including phenoxy) is 1. The van der Waals surface area contributed by atoms with Gasteiger partial charge in [-0.25, -0.2) is 0 Å². The summed E-state index contributed by atoms with van der Waals surface area (Å²) in [6.45, 7) is 2.34. The lowest BCUT2D eigenvalue weighted by Gasteiger charge is -2.09. The largest absolute Gasteiger partial charge is 0.490 e. The van der Waals surface area contributed by atoms with E-state index in [1.807, 2.05) is 6.92 Å². The van der Waals surface area contributed by atoms with Crippen molar-refractivity contribution in [2.75, 3.05) is 13.7 Å². The first-order chi connectivity index (χ1) is 9.97. The Morgan fingerprint density at radius 2 is 2.24 bits per heavy atom. The van der Waals surface area contributed by atoms with Crippen molar-refractivity contribution in [3.8, 4) is 5.75 Å². The van der Waals surface area contributed by atoms with Gasteiger partial charge in [-0.1, -0.05) is 30.0 Å². The molecule has 1 saturated heterocycles. The Hall–Kier alpha value is -1.93. The summed E-state index contributed by atoms with van der Waals surface area (Å²) in [5.41, 5.74) is 0.413. The Kier molecular flexibility index (Phi) is 4.59. The molecule has 0 bridgehead atoms. The molecule has 6 nitrogen and oxygen atoms in total. The summed E-state index contributed by atoms with van der Waals surface area (Å²) in [5, 5.41) is 11.0. The number of hydrogen-bond donors (Lipinski definition) is 0. The van der Waals surface area contributed by atoms with E-state index >= 15 is 0 Å². The van der Waals surface area contributed by atoms with E-state index in [2.05, 4.69) is 0 Å². The number of rotatable bonds is 4. The molecule has 1 aromatic rings. The highest BCUT2D eigenvalue weighted by Gasteiger charge is 2.30. The van der Waals surface area contributed by atoms with Gasteiger partial charge in [-0.2, -0.15) is 0 Å². The molecule has 0 radical (unpaired) electrons. The minimum Gasteiger partial charge on any atom is -0.490 e. The Balaban J connectivity index is 2.38. The maximum atomic E-state index is 12.1. The fourth-order valence-electron chi connectivity index (χ4n) is 1.86. The third-order valence-corrected chi connectivity index (χ3v) is 4.26. The van der Waals surface area contributed by atoms with Crippen LogP contribution in [0.3, 0.4) is 0 Å². The summed E-state index contributed by atoms with van der Waals surface area (Å²) >= 11 is 6.31. The highest BCUT2D eigenvalue weighted by Crippen LogP contribution is 2.34. The number of methoxy groups -OCH3 is 1. The number of likely N-dealkylation sites (N-methyl/N-ethyl adjacent to an activating group) is 1. The lowest BCUT2D eigenvalue weighted by atomic mass is 10.1. The number of thioether (sulfide) groups is 1. The average Bonchev–Trinajstić information content (AvgIpc) is 2.72. The van der Waals surface area contributed by atoms with E-state index in [9.17, 15) is 14.9 Å². The van der Waals surface area contributed by atoms with Crippen molar-refractivity contribution in [3.05, 3.63) is 38.8 Å². The Bertz CT molecular complexity index is 658. The number of nitro benzene ring substituents is 1. The van der Waals surface area contributed by atoms with E-state index in [4.69, 9.17) is 17.0 Å².